The van der Waals surface area contributed by atoms with Crippen molar-refractivity contribution in [2.24, 2.45) is 0 Å². The molecule has 5 heteroatoms. The Balaban J connectivity index is 1.50. The molecule has 0 atom stereocenters. The van der Waals surface area contributed by atoms with Crippen molar-refractivity contribution in [3.05, 3.63) is 71.3 Å². The van der Waals surface area contributed by atoms with Gasteiger partial charge in [0.05, 0.1) is 5.56 Å². The number of imide groups is 1. The van der Waals surface area contributed by atoms with Crippen molar-refractivity contribution in [1.82, 2.24) is 4.90 Å². The van der Waals surface area contributed by atoms with Gasteiger partial charge in [-0.25, -0.2) is 4.79 Å². The number of benzene rings is 5. The molecule has 0 radical (unpaired) electrons. The van der Waals surface area contributed by atoms with Crippen LogP contribution in [0.5, 0.6) is 0 Å². The van der Waals surface area contributed by atoms with Gasteiger partial charge in [-0.2, -0.15) is 0 Å². The monoisotopic (exact) mass is 547 g/mol. The molecule has 5 nitrogen and oxygen atoms in total. The van der Waals surface area contributed by atoms with E-state index in [2.05, 4.69) is 13.8 Å². The lowest BCUT2D eigenvalue weighted by Crippen LogP contribution is -2.47. The third-order valence-corrected chi connectivity index (χ3v) is 9.06. The zero-order chi connectivity index (χ0) is 28.7. The van der Waals surface area contributed by atoms with E-state index in [1.54, 1.807) is 11.0 Å². The summed E-state index contributed by atoms with van der Waals surface area (Å²) < 4.78 is 0. The van der Waals surface area contributed by atoms with Crippen LogP contribution in [0.2, 0.25) is 0 Å². The normalized spacial score (nSPS) is 13.6. The lowest BCUT2D eigenvalue weighted by atomic mass is 9.83. The van der Waals surface area contributed by atoms with Gasteiger partial charge in [-0.15, -0.1) is 0 Å². The fourth-order valence-electron chi connectivity index (χ4n) is 7.04. The molecule has 1 heterocycles. The molecule has 0 aliphatic carbocycles. The number of unbranched alkanes of at least 4 members (excludes halogenated alkanes) is 6. The minimum atomic E-state index is -0.958. The van der Waals surface area contributed by atoms with Gasteiger partial charge >= 0.3 is 5.97 Å². The number of fused-ring (bicyclic) bond motifs is 2. The van der Waals surface area contributed by atoms with Crippen molar-refractivity contribution < 1.29 is 19.5 Å². The summed E-state index contributed by atoms with van der Waals surface area (Å²) in [6.07, 6.45) is 10.6. The van der Waals surface area contributed by atoms with Gasteiger partial charge in [-0.1, -0.05) is 102 Å². The molecule has 1 N–H and O–H groups in total. The first kappa shape index (κ1) is 27.2. The highest BCUT2D eigenvalue weighted by Gasteiger charge is 2.38. The van der Waals surface area contributed by atoms with Crippen LogP contribution < -0.4 is 0 Å². The summed E-state index contributed by atoms with van der Waals surface area (Å²) in [5, 5.41) is 16.8. The number of rotatable bonds is 12. The minimum absolute atomic E-state index is 0.0944. The van der Waals surface area contributed by atoms with Crippen LogP contribution in [-0.2, 0) is 0 Å². The number of aromatic carboxylic acids is 1. The fourth-order valence-corrected chi connectivity index (χ4v) is 7.04. The van der Waals surface area contributed by atoms with E-state index in [1.807, 2.05) is 48.5 Å². The highest BCUT2D eigenvalue weighted by Crippen LogP contribution is 2.44. The Bertz CT molecular complexity index is 1720. The van der Waals surface area contributed by atoms with Crippen molar-refractivity contribution in [2.45, 2.75) is 84.1 Å². The van der Waals surface area contributed by atoms with Crippen molar-refractivity contribution in [2.75, 3.05) is 0 Å². The zero-order valence-electron chi connectivity index (χ0n) is 24.0. The molecule has 5 aromatic carbocycles. The third-order valence-electron chi connectivity index (χ3n) is 9.06. The van der Waals surface area contributed by atoms with Gasteiger partial charge in [0, 0.05) is 22.6 Å². The van der Waals surface area contributed by atoms with Gasteiger partial charge in [0.15, 0.2) is 0 Å². The smallest absolute Gasteiger partial charge is 0.336 e. The van der Waals surface area contributed by atoms with Crippen LogP contribution in [0.15, 0.2) is 54.6 Å². The van der Waals surface area contributed by atoms with Crippen LogP contribution >= 0.6 is 0 Å². The maximum Gasteiger partial charge on any atom is 0.336 e. The van der Waals surface area contributed by atoms with E-state index in [1.165, 1.54) is 12.8 Å². The lowest BCUT2D eigenvalue weighted by Gasteiger charge is -2.34. The predicted molar refractivity (Wildman–Crippen MR) is 166 cm³/mol. The maximum atomic E-state index is 14.2. The first-order valence-corrected chi connectivity index (χ1v) is 15.2. The standard InChI is InChI=1S/C36H37NO4/c1-3-5-7-9-12-22(13-10-8-6-4-2)37-34(38)29-20-17-26-23-14-11-15-24-28(36(40)41)19-16-25(31(23)24)27-18-21-30(35(37)39)33(29)32(26)27/h11,14-22H,3-10,12-13H2,1-2H3,(H,40,41). The quantitative estimate of drug-likeness (QED) is 0.0731. The average molecular weight is 548 g/mol. The van der Waals surface area contributed by atoms with E-state index >= 15 is 0 Å². The van der Waals surface area contributed by atoms with Gasteiger partial charge in [0.2, 0.25) is 0 Å². The van der Waals surface area contributed by atoms with Crippen LogP contribution in [0, 0.1) is 0 Å². The van der Waals surface area contributed by atoms with Crippen LogP contribution in [0.1, 0.15) is 109 Å². The molecular formula is C36H37NO4. The summed E-state index contributed by atoms with van der Waals surface area (Å²) in [5.41, 5.74) is 1.44. The van der Waals surface area contributed by atoms with Crippen LogP contribution in [0.3, 0.4) is 0 Å². The maximum absolute atomic E-state index is 14.2. The molecule has 6 rings (SSSR count). The number of carbonyl (C=O) groups is 3. The number of carboxylic acids is 1. The number of amides is 2. The Hall–Kier alpha value is -3.99. The molecule has 0 bridgehead atoms. The van der Waals surface area contributed by atoms with Crippen LogP contribution in [-0.4, -0.2) is 33.8 Å². The fraction of sp³-hybridized carbons (Fsp3) is 0.361. The Labute approximate surface area is 240 Å². The van der Waals surface area contributed by atoms with Gasteiger partial charge in [0.1, 0.15) is 0 Å². The van der Waals surface area contributed by atoms with Crippen LogP contribution in [0.25, 0.3) is 43.1 Å². The summed E-state index contributed by atoms with van der Waals surface area (Å²) in [7, 11) is 0. The second-order valence-corrected chi connectivity index (χ2v) is 11.6. The molecule has 1 aliphatic heterocycles. The molecular weight excluding hydrogens is 510 g/mol. The predicted octanol–water partition coefficient (Wildman–Crippen LogP) is 9.34. The second-order valence-electron chi connectivity index (χ2n) is 11.6. The zero-order valence-corrected chi connectivity index (χ0v) is 24.0. The third kappa shape index (κ3) is 4.43. The summed E-state index contributed by atoms with van der Waals surface area (Å²) in [6, 6.07) is 16.9. The summed E-state index contributed by atoms with van der Waals surface area (Å²) in [5.74, 6) is -1.33. The van der Waals surface area contributed by atoms with Crippen molar-refractivity contribution in [3.8, 4) is 0 Å². The van der Waals surface area contributed by atoms with Crippen molar-refractivity contribution in [3.63, 3.8) is 0 Å². The van der Waals surface area contributed by atoms with Gasteiger partial charge in [-0.3, -0.25) is 14.5 Å². The van der Waals surface area contributed by atoms with Crippen LogP contribution in [0.4, 0.5) is 0 Å². The Kier molecular flexibility index (Phi) is 7.37. The van der Waals surface area contributed by atoms with E-state index in [4.69, 9.17) is 0 Å². The van der Waals surface area contributed by atoms with E-state index in [-0.39, 0.29) is 23.4 Å². The van der Waals surface area contributed by atoms with Gasteiger partial charge in [-0.05, 0) is 68.7 Å². The first-order valence-electron chi connectivity index (χ1n) is 15.2. The molecule has 0 saturated heterocycles. The molecule has 0 fully saturated rings. The second kappa shape index (κ2) is 11.1. The topological polar surface area (TPSA) is 74.7 Å². The summed E-state index contributed by atoms with van der Waals surface area (Å²) in [4.78, 5) is 41.9. The number of hydrogen-bond donors (Lipinski definition) is 1. The molecule has 5 aromatic rings. The van der Waals surface area contributed by atoms with Gasteiger partial charge in [0.25, 0.3) is 11.8 Å². The summed E-state index contributed by atoms with van der Waals surface area (Å²) >= 11 is 0. The number of carboxylic acid groups (broad SMARTS) is 1. The largest absolute Gasteiger partial charge is 0.478 e. The van der Waals surface area contributed by atoms with E-state index in [0.717, 1.165) is 89.1 Å². The molecule has 41 heavy (non-hydrogen) atoms. The average Bonchev–Trinajstić information content (AvgIpc) is 2.98. The van der Waals surface area contributed by atoms with E-state index < -0.39 is 5.97 Å². The molecule has 0 spiro atoms. The first-order chi connectivity index (χ1) is 20.0. The number of carbonyl (C=O) groups excluding carboxylic acids is 2. The number of hydrogen-bond acceptors (Lipinski definition) is 3. The SMILES string of the molecule is CCCCCCC(CCCCCC)N1C(=O)c2ccc3c4cccc5c(C(=O)O)ccc(c6ccc(c2c36)C1=O)c54. The van der Waals surface area contributed by atoms with Gasteiger partial charge < -0.3 is 5.11 Å². The molecule has 0 aromatic heterocycles. The molecule has 210 valence electrons. The van der Waals surface area contributed by atoms with E-state index in [0.29, 0.717) is 16.5 Å². The van der Waals surface area contributed by atoms with Crippen molar-refractivity contribution >= 4 is 60.9 Å². The summed E-state index contributed by atoms with van der Waals surface area (Å²) in [6.45, 7) is 4.39. The highest BCUT2D eigenvalue weighted by atomic mass is 16.4. The minimum Gasteiger partial charge on any atom is -0.478 e. The van der Waals surface area contributed by atoms with E-state index in [9.17, 15) is 19.5 Å². The Morgan fingerprint density at radius 1 is 0.634 bits per heavy atom. The lowest BCUT2D eigenvalue weighted by molar-refractivity contribution is 0.0516. The molecule has 0 saturated carbocycles. The van der Waals surface area contributed by atoms with Crippen molar-refractivity contribution in [1.29, 1.82) is 0 Å². The Morgan fingerprint density at radius 3 is 1.71 bits per heavy atom. The molecule has 1 aliphatic rings. The molecule has 2 amide bonds. The number of nitrogens with zero attached hydrogens (tertiary/aromatic N) is 1. The Morgan fingerprint density at radius 2 is 1.15 bits per heavy atom. The highest BCUT2D eigenvalue weighted by molar-refractivity contribution is 6.39. The molecule has 0 unspecified atom stereocenters.